The Hall–Kier alpha value is -0.630. The predicted octanol–water partition coefficient (Wildman–Crippen LogP) is 1.26. The fraction of sp³-hybridized carbons (Fsp3) is 0.700. The zero-order chi connectivity index (χ0) is 8.72. The molecule has 0 aromatic carbocycles. The van der Waals surface area contributed by atoms with Crippen LogP contribution >= 0.6 is 0 Å². The highest BCUT2D eigenvalue weighted by atomic mass is 16.1. The Bertz CT molecular complexity index is 194. The fourth-order valence-corrected chi connectivity index (χ4v) is 2.57. The lowest BCUT2D eigenvalue weighted by atomic mass is 9.67. The second-order valence-corrected chi connectivity index (χ2v) is 4.20. The van der Waals surface area contributed by atoms with Crippen molar-refractivity contribution in [3.05, 3.63) is 12.2 Å². The van der Waals surface area contributed by atoms with Gasteiger partial charge < -0.3 is 5.73 Å². The Morgan fingerprint density at radius 2 is 1.67 bits per heavy atom. The molecule has 0 aromatic heterocycles. The van der Waals surface area contributed by atoms with Crippen LogP contribution in [0.5, 0.6) is 0 Å². The Morgan fingerprint density at radius 1 is 1.17 bits per heavy atom. The van der Waals surface area contributed by atoms with Gasteiger partial charge in [-0.05, 0) is 24.7 Å². The van der Waals surface area contributed by atoms with Gasteiger partial charge in [-0.25, -0.2) is 0 Å². The van der Waals surface area contributed by atoms with Gasteiger partial charge >= 0.3 is 0 Å². The van der Waals surface area contributed by atoms with Crippen molar-refractivity contribution in [3.8, 4) is 0 Å². The van der Waals surface area contributed by atoms with Gasteiger partial charge in [0.1, 0.15) is 5.78 Å². The first-order chi connectivity index (χ1) is 5.66. The molecule has 3 atom stereocenters. The number of allylic oxidation sites excluding steroid dienone is 1. The van der Waals surface area contributed by atoms with E-state index in [0.717, 1.165) is 12.8 Å². The molecule has 0 amide bonds. The Balaban J connectivity index is 2.18. The van der Waals surface area contributed by atoms with Crippen LogP contribution in [0.4, 0.5) is 0 Å². The molecule has 12 heavy (non-hydrogen) atoms. The lowest BCUT2D eigenvalue weighted by molar-refractivity contribution is -0.124. The van der Waals surface area contributed by atoms with Crippen molar-refractivity contribution in [2.24, 2.45) is 17.6 Å². The van der Waals surface area contributed by atoms with Crippen molar-refractivity contribution >= 4 is 5.78 Å². The molecule has 2 saturated carbocycles. The summed E-state index contributed by atoms with van der Waals surface area (Å²) in [4.78, 5) is 11.2. The van der Waals surface area contributed by atoms with Crippen LogP contribution in [0.25, 0.3) is 0 Å². The number of carbonyl (C=O) groups excluding carboxylic acids is 1. The van der Waals surface area contributed by atoms with Crippen LogP contribution in [0.2, 0.25) is 0 Å². The molecule has 2 aliphatic carbocycles. The summed E-state index contributed by atoms with van der Waals surface area (Å²) in [6, 6.07) is 0.258. The molecule has 1 unspecified atom stereocenters. The highest BCUT2D eigenvalue weighted by Gasteiger charge is 2.38. The molecule has 0 radical (unpaired) electrons. The zero-order valence-corrected chi connectivity index (χ0v) is 7.25. The van der Waals surface area contributed by atoms with Crippen LogP contribution in [-0.2, 0) is 4.79 Å². The number of nitrogens with two attached hydrogens (primary N) is 1. The van der Waals surface area contributed by atoms with Crippen LogP contribution in [-0.4, -0.2) is 11.8 Å². The second-order valence-electron chi connectivity index (χ2n) is 4.20. The molecule has 0 aliphatic heterocycles. The normalized spacial score (nSPS) is 41.6. The van der Waals surface area contributed by atoms with Gasteiger partial charge in [-0.3, -0.25) is 4.79 Å². The third-order valence-corrected chi connectivity index (χ3v) is 3.17. The van der Waals surface area contributed by atoms with Gasteiger partial charge in [-0.1, -0.05) is 12.2 Å². The number of hydrogen-bond donors (Lipinski definition) is 1. The van der Waals surface area contributed by atoms with Crippen LogP contribution in [0, 0.1) is 11.8 Å². The number of ketones is 1. The van der Waals surface area contributed by atoms with Gasteiger partial charge in [0.05, 0.1) is 0 Å². The van der Waals surface area contributed by atoms with E-state index in [1.807, 2.05) is 0 Å². The van der Waals surface area contributed by atoms with Crippen molar-refractivity contribution < 1.29 is 4.79 Å². The van der Waals surface area contributed by atoms with E-state index in [4.69, 9.17) is 5.73 Å². The average molecular weight is 165 g/mol. The van der Waals surface area contributed by atoms with Gasteiger partial charge in [0, 0.05) is 18.9 Å². The summed E-state index contributed by atoms with van der Waals surface area (Å²) in [7, 11) is 0. The van der Waals surface area contributed by atoms with Gasteiger partial charge in [-0.2, -0.15) is 0 Å². The molecule has 0 aromatic rings. The Labute approximate surface area is 72.8 Å². The Morgan fingerprint density at radius 3 is 2.17 bits per heavy atom. The molecular weight excluding hydrogens is 150 g/mol. The number of Topliss-reactive ketones (excluding diaryl/α,β-unsaturated/α-hetero) is 1. The van der Waals surface area contributed by atoms with Gasteiger partial charge in [-0.15, -0.1) is 0 Å². The van der Waals surface area contributed by atoms with Gasteiger partial charge in [0.15, 0.2) is 0 Å². The molecule has 2 fully saturated rings. The molecule has 2 bridgehead atoms. The summed E-state index contributed by atoms with van der Waals surface area (Å²) in [6.45, 7) is 3.99. The SMILES string of the molecule is C=C1C[C@@H]2CC(=O)C[C@H](C1)C2N. The van der Waals surface area contributed by atoms with E-state index in [-0.39, 0.29) is 6.04 Å². The molecule has 2 rings (SSSR count). The van der Waals surface area contributed by atoms with E-state index < -0.39 is 0 Å². The minimum absolute atomic E-state index is 0.258. The van der Waals surface area contributed by atoms with Crippen LogP contribution < -0.4 is 5.73 Å². The van der Waals surface area contributed by atoms with Gasteiger partial charge in [0.25, 0.3) is 0 Å². The summed E-state index contributed by atoms with van der Waals surface area (Å²) in [5.74, 6) is 1.20. The topological polar surface area (TPSA) is 43.1 Å². The first-order valence-corrected chi connectivity index (χ1v) is 4.60. The fourth-order valence-electron chi connectivity index (χ4n) is 2.57. The van der Waals surface area contributed by atoms with E-state index in [0.29, 0.717) is 30.5 Å². The quantitative estimate of drug-likeness (QED) is 0.549. The molecule has 0 heterocycles. The summed E-state index contributed by atoms with van der Waals surface area (Å²) in [5.41, 5.74) is 7.31. The highest BCUT2D eigenvalue weighted by Crippen LogP contribution is 2.39. The number of carbonyl (C=O) groups is 1. The third kappa shape index (κ3) is 1.20. The maximum absolute atomic E-state index is 11.2. The molecular formula is C10H15NO. The van der Waals surface area contributed by atoms with Crippen LogP contribution in [0.3, 0.4) is 0 Å². The first-order valence-electron chi connectivity index (χ1n) is 4.60. The Kier molecular flexibility index (Phi) is 1.80. The molecule has 0 saturated heterocycles. The van der Waals surface area contributed by atoms with Crippen molar-refractivity contribution in [1.82, 2.24) is 0 Å². The predicted molar refractivity (Wildman–Crippen MR) is 47.6 cm³/mol. The maximum atomic E-state index is 11.2. The molecule has 2 N–H and O–H groups in total. The smallest absolute Gasteiger partial charge is 0.133 e. The van der Waals surface area contributed by atoms with E-state index in [2.05, 4.69) is 6.58 Å². The summed E-state index contributed by atoms with van der Waals surface area (Å²) >= 11 is 0. The van der Waals surface area contributed by atoms with E-state index in [1.54, 1.807) is 0 Å². The number of rotatable bonds is 0. The minimum atomic E-state index is 0.258. The van der Waals surface area contributed by atoms with E-state index in [9.17, 15) is 4.79 Å². The van der Waals surface area contributed by atoms with Crippen LogP contribution in [0.15, 0.2) is 12.2 Å². The van der Waals surface area contributed by atoms with Crippen molar-refractivity contribution in [3.63, 3.8) is 0 Å². The van der Waals surface area contributed by atoms with Crippen molar-refractivity contribution in [2.45, 2.75) is 31.7 Å². The lowest BCUT2D eigenvalue weighted by Crippen LogP contribution is -2.46. The molecule has 2 nitrogen and oxygen atoms in total. The summed E-state index contributed by atoms with van der Waals surface area (Å²) in [5, 5.41) is 0. The first kappa shape index (κ1) is 7.99. The van der Waals surface area contributed by atoms with Crippen LogP contribution in [0.1, 0.15) is 25.7 Å². The largest absolute Gasteiger partial charge is 0.327 e. The molecule has 0 spiro atoms. The summed E-state index contributed by atoms with van der Waals surface area (Å²) in [6.07, 6.45) is 3.33. The van der Waals surface area contributed by atoms with E-state index >= 15 is 0 Å². The summed E-state index contributed by atoms with van der Waals surface area (Å²) < 4.78 is 0. The molecule has 2 heteroatoms. The van der Waals surface area contributed by atoms with Crippen molar-refractivity contribution in [2.75, 3.05) is 0 Å². The highest BCUT2D eigenvalue weighted by molar-refractivity contribution is 5.80. The third-order valence-electron chi connectivity index (χ3n) is 3.17. The monoisotopic (exact) mass is 165 g/mol. The zero-order valence-electron chi connectivity index (χ0n) is 7.25. The minimum Gasteiger partial charge on any atom is -0.327 e. The van der Waals surface area contributed by atoms with Crippen molar-refractivity contribution in [1.29, 1.82) is 0 Å². The maximum Gasteiger partial charge on any atom is 0.133 e. The molecule has 66 valence electrons. The number of fused-ring (bicyclic) bond motifs is 2. The van der Waals surface area contributed by atoms with Gasteiger partial charge in [0.2, 0.25) is 0 Å². The number of hydrogen-bond acceptors (Lipinski definition) is 2. The van der Waals surface area contributed by atoms with E-state index in [1.165, 1.54) is 5.57 Å². The second kappa shape index (κ2) is 2.70. The lowest BCUT2D eigenvalue weighted by Gasteiger charge is -2.40. The standard InChI is InChI=1S/C10H15NO/c1-6-2-7-4-9(12)5-8(3-6)10(7)11/h7-8,10H,1-5,11H2/t7-,8+,10?. The average Bonchev–Trinajstić information content (AvgIpc) is 1.94. The molecule has 2 aliphatic rings.